The van der Waals surface area contributed by atoms with Gasteiger partial charge in [-0.05, 0) is 87.6 Å². The Kier molecular flexibility index (Phi) is 8.07. The van der Waals surface area contributed by atoms with Crippen LogP contribution in [0.3, 0.4) is 0 Å². The number of amides is 1. The molecular weight excluding hydrogens is 595 g/mol. The SMILES string of the molecule is CCc1nc2ccc(C3=CCN(C(=O)OC(C)(C)C)CC3)cn2c1-c1ccc(-c2nc(-c3ccc(Cl)cc3)cs2)c(C)c1F. The molecule has 0 spiro atoms. The van der Waals surface area contributed by atoms with Gasteiger partial charge >= 0.3 is 6.09 Å². The standard InChI is InChI=1S/C35H34ClFN4O2S/c1-6-28-32(27-13-12-26(21(2)31(27)37)33-39-29(20-44-33)23-7-10-25(36)11-8-23)41-19-24(9-14-30(41)38-28)22-15-17-40(18-16-22)34(42)43-35(3,4)5/h7-15,19-20H,6,16-18H2,1-5H3. The normalized spacial score (nSPS) is 13.8. The van der Waals surface area contributed by atoms with Gasteiger partial charge in [0.15, 0.2) is 0 Å². The van der Waals surface area contributed by atoms with Crippen molar-refractivity contribution in [2.75, 3.05) is 13.1 Å². The molecule has 0 N–H and O–H groups in total. The van der Waals surface area contributed by atoms with Crippen LogP contribution in [0.5, 0.6) is 0 Å². The number of pyridine rings is 1. The Morgan fingerprint density at radius 1 is 1.05 bits per heavy atom. The first-order valence-corrected chi connectivity index (χ1v) is 16.0. The Hall–Kier alpha value is -4.01. The second-order valence-electron chi connectivity index (χ2n) is 12.0. The highest BCUT2D eigenvalue weighted by Crippen LogP contribution is 2.37. The summed E-state index contributed by atoms with van der Waals surface area (Å²) in [6.07, 6.45) is 5.16. The van der Waals surface area contributed by atoms with E-state index < -0.39 is 5.60 Å². The number of ether oxygens (including phenoxy) is 1. The van der Waals surface area contributed by atoms with Gasteiger partial charge in [-0.25, -0.2) is 19.2 Å². The summed E-state index contributed by atoms with van der Waals surface area (Å²) >= 11 is 7.54. The lowest BCUT2D eigenvalue weighted by Crippen LogP contribution is -2.39. The van der Waals surface area contributed by atoms with Gasteiger partial charge < -0.3 is 9.64 Å². The highest BCUT2D eigenvalue weighted by molar-refractivity contribution is 7.13. The molecule has 2 aromatic carbocycles. The maximum Gasteiger partial charge on any atom is 0.410 e. The van der Waals surface area contributed by atoms with Crippen molar-refractivity contribution in [1.82, 2.24) is 19.3 Å². The summed E-state index contributed by atoms with van der Waals surface area (Å²) in [5, 5.41) is 3.42. The van der Waals surface area contributed by atoms with Crippen LogP contribution in [0, 0.1) is 12.7 Å². The molecule has 4 heterocycles. The third kappa shape index (κ3) is 5.88. The smallest absolute Gasteiger partial charge is 0.410 e. The summed E-state index contributed by atoms with van der Waals surface area (Å²) < 4.78 is 23.8. The van der Waals surface area contributed by atoms with Crippen LogP contribution in [-0.2, 0) is 11.2 Å². The molecule has 0 fully saturated rings. The number of hydrogen-bond acceptors (Lipinski definition) is 5. The van der Waals surface area contributed by atoms with Crippen LogP contribution >= 0.6 is 22.9 Å². The van der Waals surface area contributed by atoms with E-state index >= 15 is 4.39 Å². The number of rotatable bonds is 5. The van der Waals surface area contributed by atoms with Crippen LogP contribution in [0.4, 0.5) is 9.18 Å². The molecule has 1 amide bonds. The zero-order valence-electron chi connectivity index (χ0n) is 25.4. The third-order valence-electron chi connectivity index (χ3n) is 7.77. The Morgan fingerprint density at radius 2 is 1.77 bits per heavy atom. The van der Waals surface area contributed by atoms with E-state index in [-0.39, 0.29) is 11.9 Å². The number of benzene rings is 2. The Morgan fingerprint density at radius 3 is 2.45 bits per heavy atom. The number of aromatic nitrogens is 3. The molecule has 226 valence electrons. The monoisotopic (exact) mass is 628 g/mol. The first kappa shape index (κ1) is 30.0. The largest absolute Gasteiger partial charge is 0.444 e. The molecule has 9 heteroatoms. The number of thiazole rings is 1. The molecule has 1 aliphatic rings. The Balaban J connectivity index is 1.33. The van der Waals surface area contributed by atoms with Crippen molar-refractivity contribution in [3.05, 3.63) is 93.8 Å². The van der Waals surface area contributed by atoms with Crippen molar-refractivity contribution in [2.45, 2.75) is 53.1 Å². The number of imidazole rings is 1. The van der Waals surface area contributed by atoms with Crippen molar-refractivity contribution < 1.29 is 13.9 Å². The average molecular weight is 629 g/mol. The molecule has 0 bridgehead atoms. The molecule has 0 aliphatic carbocycles. The summed E-state index contributed by atoms with van der Waals surface area (Å²) in [4.78, 5) is 23.9. The van der Waals surface area contributed by atoms with Crippen LogP contribution in [-0.4, -0.2) is 44.1 Å². The minimum Gasteiger partial charge on any atom is -0.444 e. The third-order valence-corrected chi connectivity index (χ3v) is 8.90. The Labute approximate surface area is 265 Å². The van der Waals surface area contributed by atoms with Crippen molar-refractivity contribution >= 4 is 40.3 Å². The van der Waals surface area contributed by atoms with Gasteiger partial charge in [-0.15, -0.1) is 11.3 Å². The van der Waals surface area contributed by atoms with E-state index in [1.54, 1.807) is 11.8 Å². The summed E-state index contributed by atoms with van der Waals surface area (Å²) in [7, 11) is 0. The van der Waals surface area contributed by atoms with Gasteiger partial charge in [-0.3, -0.25) is 4.40 Å². The minimum atomic E-state index is -0.534. The number of halogens is 2. The second-order valence-corrected chi connectivity index (χ2v) is 13.3. The van der Waals surface area contributed by atoms with Gasteiger partial charge in [-0.2, -0.15) is 0 Å². The highest BCUT2D eigenvalue weighted by Gasteiger charge is 2.25. The van der Waals surface area contributed by atoms with E-state index in [1.165, 1.54) is 11.3 Å². The molecule has 5 aromatic rings. The number of aryl methyl sites for hydroxylation is 1. The first-order valence-electron chi connectivity index (χ1n) is 14.7. The van der Waals surface area contributed by atoms with E-state index in [2.05, 4.69) is 6.08 Å². The quantitative estimate of drug-likeness (QED) is 0.194. The zero-order chi connectivity index (χ0) is 31.2. The van der Waals surface area contributed by atoms with Gasteiger partial charge in [0.05, 0.1) is 17.1 Å². The molecule has 0 saturated heterocycles. The lowest BCUT2D eigenvalue weighted by molar-refractivity contribution is 0.0270. The molecule has 44 heavy (non-hydrogen) atoms. The van der Waals surface area contributed by atoms with E-state index in [4.69, 9.17) is 26.3 Å². The van der Waals surface area contributed by atoms with Gasteiger partial charge in [-0.1, -0.05) is 42.8 Å². The molecule has 6 nitrogen and oxygen atoms in total. The van der Waals surface area contributed by atoms with Crippen LogP contribution < -0.4 is 0 Å². The Bertz CT molecular complexity index is 1900. The molecule has 0 saturated carbocycles. The van der Waals surface area contributed by atoms with Crippen LogP contribution in [0.2, 0.25) is 5.02 Å². The number of nitrogens with zero attached hydrogens (tertiary/aromatic N) is 4. The lowest BCUT2D eigenvalue weighted by Gasteiger charge is -2.29. The average Bonchev–Trinajstić information content (AvgIpc) is 3.63. The minimum absolute atomic E-state index is 0.280. The maximum absolute atomic E-state index is 16.3. The molecule has 3 aromatic heterocycles. The van der Waals surface area contributed by atoms with E-state index in [1.807, 2.05) is 92.2 Å². The maximum atomic E-state index is 16.3. The van der Waals surface area contributed by atoms with Crippen molar-refractivity contribution in [2.24, 2.45) is 0 Å². The fraction of sp³-hybridized carbons (Fsp3) is 0.286. The highest BCUT2D eigenvalue weighted by atomic mass is 35.5. The van der Waals surface area contributed by atoms with Gasteiger partial charge in [0.25, 0.3) is 0 Å². The number of fused-ring (bicyclic) bond motifs is 1. The predicted octanol–water partition coefficient (Wildman–Crippen LogP) is 9.48. The summed E-state index contributed by atoms with van der Waals surface area (Å²) in [5.41, 5.74) is 7.60. The predicted molar refractivity (Wildman–Crippen MR) is 177 cm³/mol. The molecular formula is C35H34ClFN4O2S. The van der Waals surface area contributed by atoms with E-state index in [9.17, 15) is 4.79 Å². The van der Waals surface area contributed by atoms with Crippen LogP contribution in [0.25, 0.3) is 44.3 Å². The van der Waals surface area contributed by atoms with Crippen molar-refractivity contribution in [3.63, 3.8) is 0 Å². The van der Waals surface area contributed by atoms with Crippen molar-refractivity contribution in [3.8, 4) is 33.1 Å². The second kappa shape index (κ2) is 11.8. The first-order chi connectivity index (χ1) is 21.0. The lowest BCUT2D eigenvalue weighted by atomic mass is 9.99. The molecule has 0 radical (unpaired) electrons. The van der Waals surface area contributed by atoms with Gasteiger partial charge in [0.2, 0.25) is 0 Å². The summed E-state index contributed by atoms with van der Waals surface area (Å²) in [6.45, 7) is 10.5. The molecule has 1 aliphatic heterocycles. The van der Waals surface area contributed by atoms with E-state index in [0.29, 0.717) is 42.1 Å². The number of hydrogen-bond donors (Lipinski definition) is 0. The topological polar surface area (TPSA) is 59.7 Å². The molecule has 0 unspecified atom stereocenters. The fourth-order valence-electron chi connectivity index (χ4n) is 5.49. The molecule has 6 rings (SSSR count). The van der Waals surface area contributed by atoms with Crippen LogP contribution in [0.1, 0.15) is 50.9 Å². The fourth-order valence-corrected chi connectivity index (χ4v) is 6.53. The zero-order valence-corrected chi connectivity index (χ0v) is 27.0. The van der Waals surface area contributed by atoms with E-state index in [0.717, 1.165) is 50.0 Å². The van der Waals surface area contributed by atoms with Crippen molar-refractivity contribution in [1.29, 1.82) is 0 Å². The van der Waals surface area contributed by atoms with Crippen LogP contribution in [0.15, 0.2) is 66.2 Å². The summed E-state index contributed by atoms with van der Waals surface area (Å²) in [5.74, 6) is -0.280. The molecule has 0 atom stereocenters. The van der Waals surface area contributed by atoms with Gasteiger partial charge in [0, 0.05) is 46.4 Å². The summed E-state index contributed by atoms with van der Waals surface area (Å²) in [6, 6.07) is 15.4. The van der Waals surface area contributed by atoms with Gasteiger partial charge in [0.1, 0.15) is 22.1 Å². The number of carbonyl (C=O) groups excluding carboxylic acids is 1. The number of carbonyl (C=O) groups is 1.